The smallest absolute Gasteiger partial charge is 0.262 e. The summed E-state index contributed by atoms with van der Waals surface area (Å²) in [7, 11) is 0. The van der Waals surface area contributed by atoms with Gasteiger partial charge in [-0.05, 0) is 54.3 Å². The van der Waals surface area contributed by atoms with Gasteiger partial charge in [-0.2, -0.15) is 0 Å². The second-order valence-corrected chi connectivity index (χ2v) is 9.39. The van der Waals surface area contributed by atoms with Gasteiger partial charge in [0, 0.05) is 10.6 Å². The molecule has 1 atom stereocenters. The summed E-state index contributed by atoms with van der Waals surface area (Å²) < 4.78 is 6.71. The first-order valence-electron chi connectivity index (χ1n) is 10.3. The maximum Gasteiger partial charge on any atom is 0.262 e. The number of para-hydroxylation sites is 1. The first kappa shape index (κ1) is 22.6. The quantitative estimate of drug-likeness (QED) is 0.291. The van der Waals surface area contributed by atoms with Gasteiger partial charge in [-0.15, -0.1) is 11.3 Å². The third kappa shape index (κ3) is 5.07. The van der Waals surface area contributed by atoms with Gasteiger partial charge in [-0.3, -0.25) is 4.79 Å². The molecule has 4 rings (SSSR count). The van der Waals surface area contributed by atoms with Gasteiger partial charge in [0.05, 0.1) is 20.9 Å². The average molecular weight is 485 g/mol. The molecule has 4 nitrogen and oxygen atoms in total. The molecular formula is C25H22Cl2N2O2S. The Balaban J connectivity index is 1.52. The van der Waals surface area contributed by atoms with Crippen LogP contribution in [0, 0.1) is 0 Å². The van der Waals surface area contributed by atoms with E-state index in [0.717, 1.165) is 21.6 Å². The second kappa shape index (κ2) is 9.90. The molecule has 0 aliphatic rings. The Morgan fingerprint density at radius 3 is 2.59 bits per heavy atom. The van der Waals surface area contributed by atoms with Gasteiger partial charge in [0.15, 0.2) is 6.61 Å². The van der Waals surface area contributed by atoms with E-state index in [1.165, 1.54) is 16.9 Å². The van der Waals surface area contributed by atoms with Gasteiger partial charge in [0.2, 0.25) is 0 Å². The highest BCUT2D eigenvalue weighted by molar-refractivity contribution is 7.21. The number of halogens is 2. The van der Waals surface area contributed by atoms with Crippen LogP contribution >= 0.6 is 34.5 Å². The summed E-state index contributed by atoms with van der Waals surface area (Å²) in [4.78, 5) is 17.3. The standard InChI is InChI=1S/C25H22Cl2N2O2S/c1-3-15(2)16-8-10-18(11-9-16)31-14-23(30)29-24-19(12-17(26)13-20(24)27)25-28-21-6-4-5-7-22(21)32-25/h4-13,15H,3,14H2,1-2H3,(H,29,30). The van der Waals surface area contributed by atoms with Crippen molar-refractivity contribution in [3.8, 4) is 16.3 Å². The number of hydrogen-bond acceptors (Lipinski definition) is 4. The topological polar surface area (TPSA) is 51.2 Å². The molecule has 0 saturated carbocycles. The Morgan fingerprint density at radius 2 is 1.88 bits per heavy atom. The minimum absolute atomic E-state index is 0.138. The van der Waals surface area contributed by atoms with Crippen molar-refractivity contribution in [3.63, 3.8) is 0 Å². The molecule has 0 saturated heterocycles. The van der Waals surface area contributed by atoms with Crippen molar-refractivity contribution in [1.82, 2.24) is 4.98 Å². The maximum absolute atomic E-state index is 12.7. The summed E-state index contributed by atoms with van der Waals surface area (Å²) in [6.45, 7) is 4.20. The zero-order valence-corrected chi connectivity index (χ0v) is 20.0. The molecule has 164 valence electrons. The first-order chi connectivity index (χ1) is 15.4. The fraction of sp³-hybridized carbons (Fsp3) is 0.200. The number of hydrogen-bond donors (Lipinski definition) is 1. The van der Waals surface area contributed by atoms with Gasteiger partial charge >= 0.3 is 0 Å². The predicted octanol–water partition coefficient (Wildman–Crippen LogP) is 7.80. The Labute approximate surface area is 201 Å². The normalized spacial score (nSPS) is 12.0. The summed E-state index contributed by atoms with van der Waals surface area (Å²) in [6.07, 6.45) is 1.07. The van der Waals surface area contributed by atoms with Crippen LogP contribution in [0.4, 0.5) is 5.69 Å². The third-order valence-electron chi connectivity index (χ3n) is 5.28. The largest absolute Gasteiger partial charge is 0.484 e. The molecule has 7 heteroatoms. The Kier molecular flexibility index (Phi) is 6.99. The molecular weight excluding hydrogens is 463 g/mol. The lowest BCUT2D eigenvalue weighted by atomic mass is 9.99. The van der Waals surface area contributed by atoms with Crippen LogP contribution in [0.1, 0.15) is 31.7 Å². The van der Waals surface area contributed by atoms with E-state index in [9.17, 15) is 4.79 Å². The summed E-state index contributed by atoms with van der Waals surface area (Å²) in [5.41, 5.74) is 3.27. The van der Waals surface area contributed by atoms with Gasteiger partial charge in [-0.25, -0.2) is 4.98 Å². The zero-order chi connectivity index (χ0) is 22.7. The van der Waals surface area contributed by atoms with Crippen LogP contribution in [0.5, 0.6) is 5.75 Å². The van der Waals surface area contributed by atoms with E-state index in [4.69, 9.17) is 27.9 Å². The van der Waals surface area contributed by atoms with Crippen LogP contribution in [0.25, 0.3) is 20.8 Å². The van der Waals surface area contributed by atoms with Crippen molar-refractivity contribution in [2.45, 2.75) is 26.2 Å². The van der Waals surface area contributed by atoms with E-state index >= 15 is 0 Å². The molecule has 1 aromatic heterocycles. The van der Waals surface area contributed by atoms with Crippen molar-refractivity contribution in [1.29, 1.82) is 0 Å². The van der Waals surface area contributed by atoms with Crippen LogP contribution in [0.15, 0.2) is 60.7 Å². The lowest BCUT2D eigenvalue weighted by molar-refractivity contribution is -0.118. The van der Waals surface area contributed by atoms with E-state index in [-0.39, 0.29) is 12.5 Å². The van der Waals surface area contributed by atoms with Crippen LogP contribution in [-0.4, -0.2) is 17.5 Å². The fourth-order valence-electron chi connectivity index (χ4n) is 3.31. The van der Waals surface area contributed by atoms with Gasteiger partial charge in [0.1, 0.15) is 10.8 Å². The highest BCUT2D eigenvalue weighted by atomic mass is 35.5. The molecule has 0 spiro atoms. The van der Waals surface area contributed by atoms with E-state index in [0.29, 0.717) is 33.0 Å². The number of fused-ring (bicyclic) bond motifs is 1. The van der Waals surface area contributed by atoms with Gasteiger partial charge < -0.3 is 10.1 Å². The minimum Gasteiger partial charge on any atom is -0.484 e. The summed E-state index contributed by atoms with van der Waals surface area (Å²) in [5, 5.41) is 4.42. The van der Waals surface area contributed by atoms with Crippen molar-refractivity contribution in [2.75, 3.05) is 11.9 Å². The fourth-order valence-corrected chi connectivity index (χ4v) is 4.84. The van der Waals surface area contributed by atoms with Crippen molar-refractivity contribution in [2.24, 2.45) is 0 Å². The highest BCUT2D eigenvalue weighted by Crippen LogP contribution is 2.40. The number of nitrogens with zero attached hydrogens (tertiary/aromatic N) is 1. The van der Waals surface area contributed by atoms with Crippen LogP contribution in [-0.2, 0) is 4.79 Å². The number of thiazole rings is 1. The number of rotatable bonds is 7. The number of ether oxygens (including phenoxy) is 1. The lowest BCUT2D eigenvalue weighted by Crippen LogP contribution is -2.20. The van der Waals surface area contributed by atoms with E-state index in [1.54, 1.807) is 12.1 Å². The molecule has 3 aromatic carbocycles. The number of carbonyl (C=O) groups is 1. The summed E-state index contributed by atoms with van der Waals surface area (Å²) in [6, 6.07) is 19.0. The van der Waals surface area contributed by atoms with Crippen molar-refractivity contribution >= 4 is 56.3 Å². The Morgan fingerprint density at radius 1 is 1.12 bits per heavy atom. The minimum atomic E-state index is -0.317. The van der Waals surface area contributed by atoms with Crippen molar-refractivity contribution in [3.05, 3.63) is 76.3 Å². The third-order valence-corrected chi connectivity index (χ3v) is 6.86. The number of anilines is 1. The number of amides is 1. The average Bonchev–Trinajstić information content (AvgIpc) is 3.23. The Bertz CT molecular complexity index is 1220. The number of carbonyl (C=O) groups excluding carboxylic acids is 1. The van der Waals surface area contributed by atoms with E-state index in [1.807, 2.05) is 48.5 Å². The summed E-state index contributed by atoms with van der Waals surface area (Å²) in [5.74, 6) is 0.809. The number of aromatic nitrogens is 1. The molecule has 0 aliphatic carbocycles. The first-order valence-corrected chi connectivity index (χ1v) is 11.9. The molecule has 1 amide bonds. The van der Waals surface area contributed by atoms with E-state index in [2.05, 4.69) is 24.1 Å². The van der Waals surface area contributed by atoms with Crippen LogP contribution < -0.4 is 10.1 Å². The lowest BCUT2D eigenvalue weighted by Gasteiger charge is -2.13. The van der Waals surface area contributed by atoms with Crippen molar-refractivity contribution < 1.29 is 9.53 Å². The molecule has 0 bridgehead atoms. The predicted molar refractivity (Wildman–Crippen MR) is 134 cm³/mol. The SMILES string of the molecule is CCC(C)c1ccc(OCC(=O)Nc2c(Cl)cc(Cl)cc2-c2nc3ccccc3s2)cc1. The molecule has 0 aliphatic heterocycles. The molecule has 1 N–H and O–H groups in total. The zero-order valence-electron chi connectivity index (χ0n) is 17.7. The maximum atomic E-state index is 12.7. The van der Waals surface area contributed by atoms with E-state index < -0.39 is 0 Å². The number of nitrogens with one attached hydrogen (secondary N) is 1. The molecule has 0 radical (unpaired) electrons. The number of benzene rings is 3. The second-order valence-electron chi connectivity index (χ2n) is 7.51. The molecule has 1 unspecified atom stereocenters. The summed E-state index contributed by atoms with van der Waals surface area (Å²) >= 11 is 14.2. The van der Waals surface area contributed by atoms with Crippen LogP contribution in [0.3, 0.4) is 0 Å². The van der Waals surface area contributed by atoms with Gasteiger partial charge in [0.25, 0.3) is 5.91 Å². The van der Waals surface area contributed by atoms with Gasteiger partial charge in [-0.1, -0.05) is 61.3 Å². The Hall–Kier alpha value is -2.60. The monoisotopic (exact) mass is 484 g/mol. The van der Waals surface area contributed by atoms with Crippen LogP contribution in [0.2, 0.25) is 10.0 Å². The molecule has 32 heavy (non-hydrogen) atoms. The molecule has 0 fully saturated rings. The molecule has 1 heterocycles. The molecule has 4 aromatic rings. The highest BCUT2D eigenvalue weighted by Gasteiger charge is 2.17.